The number of methoxy groups -OCH3 is 1. The lowest BCUT2D eigenvalue weighted by Crippen LogP contribution is -2.42. The minimum Gasteiger partial charge on any atom is -0.473 e. The highest BCUT2D eigenvalue weighted by Crippen LogP contribution is 2.56. The molecule has 2 aliphatic rings. The molecule has 1 aliphatic carbocycles. The lowest BCUT2D eigenvalue weighted by Gasteiger charge is -2.30. The van der Waals surface area contributed by atoms with Gasteiger partial charge in [-0.3, -0.25) is 4.79 Å². The molecular weight excluding hydrogens is 184 g/mol. The summed E-state index contributed by atoms with van der Waals surface area (Å²) in [7, 11) is 1.33. The fourth-order valence-corrected chi connectivity index (χ4v) is 1.79. The number of aliphatic hydroxyl groups is 1. The van der Waals surface area contributed by atoms with E-state index in [0.717, 1.165) is 0 Å². The largest absolute Gasteiger partial charge is 0.473 e. The molecule has 1 N–H and O–H groups in total. The predicted octanol–water partition coefficient (Wildman–Crippen LogP) is 0.728. The Bertz CT molecular complexity index is 300. The molecule has 0 bridgehead atoms. The van der Waals surface area contributed by atoms with E-state index in [-0.39, 0.29) is 5.97 Å². The van der Waals surface area contributed by atoms with Crippen molar-refractivity contribution in [3.05, 3.63) is 24.7 Å². The highest BCUT2D eigenvalue weighted by Gasteiger charge is 2.63. The second-order valence-electron chi connectivity index (χ2n) is 3.64. The van der Waals surface area contributed by atoms with E-state index in [1.54, 1.807) is 0 Å². The van der Waals surface area contributed by atoms with Crippen LogP contribution in [0.5, 0.6) is 0 Å². The van der Waals surface area contributed by atoms with Crippen LogP contribution in [-0.2, 0) is 14.3 Å². The number of carbonyl (C=O) groups excluding carboxylic acids is 1. The van der Waals surface area contributed by atoms with E-state index in [9.17, 15) is 9.90 Å². The molecule has 0 unspecified atom stereocenters. The maximum Gasteiger partial charge on any atom is 0.315 e. The molecule has 1 heterocycles. The van der Waals surface area contributed by atoms with E-state index < -0.39 is 11.0 Å². The van der Waals surface area contributed by atoms with E-state index >= 15 is 0 Å². The Morgan fingerprint density at radius 2 is 2.00 bits per heavy atom. The predicted molar refractivity (Wildman–Crippen MR) is 48.0 cm³/mol. The summed E-state index contributed by atoms with van der Waals surface area (Å²) in [5, 5.41) is 10.2. The first-order chi connectivity index (χ1) is 6.65. The number of carbonyl (C=O) groups is 1. The van der Waals surface area contributed by atoms with Crippen molar-refractivity contribution in [3.8, 4) is 0 Å². The average Bonchev–Trinajstić information content (AvgIpc) is 2.99. The van der Waals surface area contributed by atoms with Crippen molar-refractivity contribution in [3.63, 3.8) is 0 Å². The van der Waals surface area contributed by atoms with E-state index in [4.69, 9.17) is 4.74 Å². The second kappa shape index (κ2) is 2.85. The third kappa shape index (κ3) is 1.07. The van der Waals surface area contributed by atoms with Crippen LogP contribution < -0.4 is 0 Å². The summed E-state index contributed by atoms with van der Waals surface area (Å²) in [5.41, 5.74) is -2.04. The lowest BCUT2D eigenvalue weighted by atomic mass is 9.83. The summed E-state index contributed by atoms with van der Waals surface area (Å²) in [6.07, 6.45) is 7.01. The van der Waals surface area contributed by atoms with Crippen molar-refractivity contribution in [1.29, 1.82) is 0 Å². The molecule has 4 nitrogen and oxygen atoms in total. The van der Waals surface area contributed by atoms with Gasteiger partial charge in [-0.25, -0.2) is 0 Å². The first kappa shape index (κ1) is 9.27. The summed E-state index contributed by atoms with van der Waals surface area (Å²) in [6, 6.07) is 0. The van der Waals surface area contributed by atoms with E-state index in [1.165, 1.54) is 31.8 Å². The summed E-state index contributed by atoms with van der Waals surface area (Å²) in [6.45, 7) is 0. The summed E-state index contributed by atoms with van der Waals surface area (Å²) >= 11 is 0. The topological polar surface area (TPSA) is 55.8 Å². The van der Waals surface area contributed by atoms with Crippen LogP contribution in [0, 0.1) is 5.41 Å². The quantitative estimate of drug-likeness (QED) is 0.661. The monoisotopic (exact) mass is 196 g/mol. The maximum absolute atomic E-state index is 11.5. The van der Waals surface area contributed by atoms with Crippen molar-refractivity contribution in [2.24, 2.45) is 5.41 Å². The van der Waals surface area contributed by atoms with Gasteiger partial charge in [0.05, 0.1) is 19.6 Å². The van der Waals surface area contributed by atoms with Gasteiger partial charge in [0.25, 0.3) is 0 Å². The molecule has 4 heteroatoms. The first-order valence-corrected chi connectivity index (χ1v) is 4.46. The Kier molecular flexibility index (Phi) is 1.89. The van der Waals surface area contributed by atoms with Crippen molar-refractivity contribution in [2.75, 3.05) is 7.11 Å². The third-order valence-electron chi connectivity index (χ3n) is 2.89. The minimum absolute atomic E-state index is 0.365. The molecule has 0 atom stereocenters. The number of esters is 1. The van der Waals surface area contributed by atoms with E-state index in [1.807, 2.05) is 0 Å². The lowest BCUT2D eigenvalue weighted by molar-refractivity contribution is -0.153. The van der Waals surface area contributed by atoms with Gasteiger partial charge in [0.15, 0.2) is 0 Å². The van der Waals surface area contributed by atoms with E-state index in [0.29, 0.717) is 12.8 Å². The van der Waals surface area contributed by atoms with E-state index in [2.05, 4.69) is 4.74 Å². The Hall–Kier alpha value is -1.29. The third-order valence-corrected chi connectivity index (χ3v) is 2.89. The number of hydrogen-bond acceptors (Lipinski definition) is 4. The first-order valence-electron chi connectivity index (χ1n) is 4.46. The molecule has 0 aromatic heterocycles. The van der Waals surface area contributed by atoms with Crippen molar-refractivity contribution >= 4 is 5.97 Å². The summed E-state index contributed by atoms with van der Waals surface area (Å²) in [5.74, 6) is -0.365. The zero-order valence-corrected chi connectivity index (χ0v) is 7.90. The molecule has 0 aromatic carbocycles. The molecule has 1 aliphatic heterocycles. The maximum atomic E-state index is 11.5. The van der Waals surface area contributed by atoms with Gasteiger partial charge >= 0.3 is 5.97 Å². The molecule has 2 rings (SSSR count). The van der Waals surface area contributed by atoms with Crippen LogP contribution in [0.4, 0.5) is 0 Å². The molecule has 0 spiro atoms. The zero-order chi connectivity index (χ0) is 10.2. The van der Waals surface area contributed by atoms with Gasteiger partial charge in [-0.2, -0.15) is 0 Å². The van der Waals surface area contributed by atoms with Crippen molar-refractivity contribution < 1.29 is 19.4 Å². The van der Waals surface area contributed by atoms with Crippen molar-refractivity contribution in [2.45, 2.75) is 18.4 Å². The van der Waals surface area contributed by atoms with Gasteiger partial charge in [-0.1, -0.05) is 0 Å². The van der Waals surface area contributed by atoms with Gasteiger partial charge in [0.2, 0.25) is 0 Å². The molecule has 1 fully saturated rings. The van der Waals surface area contributed by atoms with Gasteiger partial charge in [-0.15, -0.1) is 0 Å². The van der Waals surface area contributed by atoms with Crippen LogP contribution >= 0.6 is 0 Å². The molecule has 0 saturated heterocycles. The van der Waals surface area contributed by atoms with Gasteiger partial charge < -0.3 is 14.6 Å². The Morgan fingerprint density at radius 1 is 1.43 bits per heavy atom. The normalized spacial score (nSPS) is 25.3. The minimum atomic E-state index is -1.25. The molecular formula is C10H12O4. The summed E-state index contributed by atoms with van der Waals surface area (Å²) < 4.78 is 9.52. The highest BCUT2D eigenvalue weighted by molar-refractivity contribution is 5.82. The smallest absolute Gasteiger partial charge is 0.315 e. The van der Waals surface area contributed by atoms with Crippen LogP contribution in [0.2, 0.25) is 0 Å². The molecule has 76 valence electrons. The number of rotatable bonds is 2. The Balaban J connectivity index is 2.29. The fourth-order valence-electron chi connectivity index (χ4n) is 1.79. The highest BCUT2D eigenvalue weighted by atomic mass is 16.5. The van der Waals surface area contributed by atoms with Crippen LogP contribution in [0.1, 0.15) is 12.8 Å². The summed E-state index contributed by atoms with van der Waals surface area (Å²) in [4.78, 5) is 11.5. The SMILES string of the molecule is COC(=O)C1(C2(O)C=COC=C2)CC1. The fraction of sp³-hybridized carbons (Fsp3) is 0.500. The molecule has 1 saturated carbocycles. The van der Waals surface area contributed by atoms with Crippen molar-refractivity contribution in [1.82, 2.24) is 0 Å². The molecule has 14 heavy (non-hydrogen) atoms. The van der Waals surface area contributed by atoms with Crippen LogP contribution in [0.25, 0.3) is 0 Å². The Morgan fingerprint density at radius 3 is 2.43 bits per heavy atom. The number of hydrogen-bond donors (Lipinski definition) is 1. The molecule has 0 radical (unpaired) electrons. The second-order valence-corrected chi connectivity index (χ2v) is 3.64. The van der Waals surface area contributed by atoms with Gasteiger partial charge in [0.1, 0.15) is 11.0 Å². The number of ether oxygens (including phenoxy) is 2. The molecule has 0 aromatic rings. The average molecular weight is 196 g/mol. The van der Waals surface area contributed by atoms with Crippen LogP contribution in [-0.4, -0.2) is 23.8 Å². The Labute approximate surface area is 81.8 Å². The molecule has 0 amide bonds. The zero-order valence-electron chi connectivity index (χ0n) is 7.90. The van der Waals surface area contributed by atoms with Gasteiger partial charge in [0, 0.05) is 0 Å². The van der Waals surface area contributed by atoms with Gasteiger partial charge in [-0.05, 0) is 25.0 Å². The standard InChI is InChI=1S/C10H12O4/c1-13-8(11)9(2-3-9)10(12)4-6-14-7-5-10/h4-7,12H,2-3H2,1H3. The van der Waals surface area contributed by atoms with Crippen LogP contribution in [0.15, 0.2) is 24.7 Å². The van der Waals surface area contributed by atoms with Crippen LogP contribution in [0.3, 0.4) is 0 Å².